The number of amides is 3. The summed E-state index contributed by atoms with van der Waals surface area (Å²) >= 11 is 0. The zero-order valence-electron chi connectivity index (χ0n) is 23.8. The summed E-state index contributed by atoms with van der Waals surface area (Å²) in [4.78, 5) is 39.9. The van der Waals surface area contributed by atoms with E-state index in [1.54, 1.807) is 26.5 Å². The molecule has 13 nitrogen and oxygen atoms in total. The summed E-state index contributed by atoms with van der Waals surface area (Å²) in [5.41, 5.74) is 2.19. The van der Waals surface area contributed by atoms with Crippen LogP contribution in [-0.2, 0) is 11.3 Å². The van der Waals surface area contributed by atoms with Gasteiger partial charge in [0.05, 0.1) is 35.6 Å². The lowest BCUT2D eigenvalue weighted by molar-refractivity contribution is -0.203. The van der Waals surface area contributed by atoms with E-state index in [-0.39, 0.29) is 43.7 Å². The first-order valence-corrected chi connectivity index (χ1v) is 14.6. The maximum atomic E-state index is 13.1. The first-order chi connectivity index (χ1) is 20.6. The molecule has 16 heteroatoms. The third-order valence-corrected chi connectivity index (χ3v) is 9.04. The van der Waals surface area contributed by atoms with Crippen LogP contribution >= 0.6 is 0 Å². The van der Waals surface area contributed by atoms with Gasteiger partial charge in [-0.15, -0.1) is 5.10 Å². The molecule has 4 aliphatic heterocycles. The van der Waals surface area contributed by atoms with E-state index in [0.29, 0.717) is 43.5 Å². The number of hydrogen-bond acceptors (Lipinski definition) is 8. The van der Waals surface area contributed by atoms with Crippen molar-refractivity contribution in [2.75, 3.05) is 69.6 Å². The van der Waals surface area contributed by atoms with Crippen molar-refractivity contribution in [3.8, 4) is 0 Å². The van der Waals surface area contributed by atoms with Gasteiger partial charge in [-0.3, -0.25) is 9.48 Å². The standard InChI is InChI=1S/C27H34F3N11O2/c1-35-7-9-36(10-8-35)23(42)17-39-14-19(11-31-39)32-25-33-24-22(3-2-6-40(24)34-25)37-15-20-4-5-21(16-37)41(20)26(43)38-12-18(13-38)27(28,29)30/h2-3,6,11,14,18,20-21H,4-5,7-10,12-13,15-17H2,1H3,(H,32,34). The number of nitrogens with one attached hydrogen (secondary N) is 1. The minimum absolute atomic E-state index is 0.0318. The Kier molecular flexibility index (Phi) is 6.82. The van der Waals surface area contributed by atoms with E-state index in [1.807, 2.05) is 30.3 Å². The van der Waals surface area contributed by atoms with E-state index in [9.17, 15) is 22.8 Å². The van der Waals surface area contributed by atoms with Gasteiger partial charge < -0.3 is 29.8 Å². The van der Waals surface area contributed by atoms with Crippen LogP contribution in [0, 0.1) is 5.92 Å². The average molecular weight is 602 g/mol. The highest BCUT2D eigenvalue weighted by Gasteiger charge is 2.52. The summed E-state index contributed by atoms with van der Waals surface area (Å²) in [5, 5.41) is 12.1. The van der Waals surface area contributed by atoms with Gasteiger partial charge in [-0.25, -0.2) is 9.31 Å². The van der Waals surface area contributed by atoms with Crippen molar-refractivity contribution in [1.29, 1.82) is 0 Å². The number of rotatable bonds is 5. The summed E-state index contributed by atoms with van der Waals surface area (Å²) < 4.78 is 42.2. The van der Waals surface area contributed by atoms with Crippen molar-refractivity contribution in [2.45, 2.75) is 37.6 Å². The molecule has 3 aromatic heterocycles. The molecule has 0 radical (unpaired) electrons. The molecular formula is C27H34F3N11O2. The maximum Gasteiger partial charge on any atom is 0.395 e. The molecule has 7 rings (SSSR count). The van der Waals surface area contributed by atoms with Gasteiger partial charge in [-0.2, -0.15) is 23.3 Å². The van der Waals surface area contributed by atoms with E-state index in [1.165, 1.54) is 4.90 Å². The number of hydrogen-bond donors (Lipinski definition) is 1. The van der Waals surface area contributed by atoms with E-state index in [4.69, 9.17) is 4.98 Å². The number of halogens is 3. The molecule has 2 bridgehead atoms. The summed E-state index contributed by atoms with van der Waals surface area (Å²) in [7, 11) is 2.05. The van der Waals surface area contributed by atoms with Gasteiger partial charge in [0.25, 0.3) is 0 Å². The predicted molar refractivity (Wildman–Crippen MR) is 150 cm³/mol. The Balaban J connectivity index is 1.00. The number of anilines is 3. The average Bonchev–Trinajstić information content (AvgIpc) is 3.62. The Bertz CT molecular complexity index is 1500. The quantitative estimate of drug-likeness (QED) is 0.471. The van der Waals surface area contributed by atoms with Crippen molar-refractivity contribution < 1.29 is 22.8 Å². The fourth-order valence-corrected chi connectivity index (χ4v) is 6.55. The van der Waals surface area contributed by atoms with Gasteiger partial charge in [0.2, 0.25) is 11.9 Å². The van der Waals surface area contributed by atoms with Gasteiger partial charge in [0.1, 0.15) is 6.54 Å². The highest BCUT2D eigenvalue weighted by atomic mass is 19.4. The molecule has 4 fully saturated rings. The van der Waals surface area contributed by atoms with Crippen LogP contribution in [0.2, 0.25) is 0 Å². The number of likely N-dealkylation sites (tertiary alicyclic amines) is 1. The number of aromatic nitrogens is 5. The van der Waals surface area contributed by atoms with Crippen molar-refractivity contribution in [3.05, 3.63) is 30.7 Å². The first kappa shape index (κ1) is 27.7. The summed E-state index contributed by atoms with van der Waals surface area (Å²) in [6.45, 7) is 3.92. The number of alkyl halides is 3. The van der Waals surface area contributed by atoms with Crippen LogP contribution in [0.5, 0.6) is 0 Å². The number of likely N-dealkylation sites (N-methyl/N-ethyl adjacent to an activating group) is 1. The van der Waals surface area contributed by atoms with Crippen molar-refractivity contribution in [1.82, 2.24) is 44.0 Å². The van der Waals surface area contributed by atoms with Crippen molar-refractivity contribution in [3.63, 3.8) is 0 Å². The van der Waals surface area contributed by atoms with Crippen LogP contribution in [0.3, 0.4) is 0 Å². The third kappa shape index (κ3) is 5.32. The van der Waals surface area contributed by atoms with Gasteiger partial charge in [-0.1, -0.05) is 0 Å². The normalized spacial score (nSPS) is 23.3. The number of urea groups is 1. The number of carbonyl (C=O) groups is 2. The molecule has 7 heterocycles. The minimum Gasteiger partial charge on any atom is -0.364 e. The zero-order chi connectivity index (χ0) is 29.9. The summed E-state index contributed by atoms with van der Waals surface area (Å²) in [6, 6.07) is 3.42. The Morgan fingerprint density at radius 2 is 1.74 bits per heavy atom. The van der Waals surface area contributed by atoms with E-state index < -0.39 is 12.1 Å². The maximum absolute atomic E-state index is 13.1. The molecule has 4 saturated heterocycles. The summed E-state index contributed by atoms with van der Waals surface area (Å²) in [5.74, 6) is -1.02. The van der Waals surface area contributed by atoms with Crippen LogP contribution in [0.15, 0.2) is 30.7 Å². The van der Waals surface area contributed by atoms with Crippen molar-refractivity contribution >= 4 is 34.9 Å². The molecule has 0 aliphatic carbocycles. The third-order valence-electron chi connectivity index (χ3n) is 9.04. The second-order valence-electron chi connectivity index (χ2n) is 12.0. The molecule has 4 aliphatic rings. The molecule has 3 amide bonds. The van der Waals surface area contributed by atoms with Gasteiger partial charge in [-0.05, 0) is 32.0 Å². The topological polar surface area (TPSA) is 110 Å². The predicted octanol–water partition coefficient (Wildman–Crippen LogP) is 1.71. The smallest absolute Gasteiger partial charge is 0.364 e. The second kappa shape index (κ2) is 10.6. The monoisotopic (exact) mass is 601 g/mol. The fraction of sp³-hybridized carbons (Fsp3) is 0.593. The van der Waals surface area contributed by atoms with Gasteiger partial charge >= 0.3 is 12.2 Å². The van der Waals surface area contributed by atoms with E-state index in [2.05, 4.69) is 25.3 Å². The SMILES string of the molecule is CN1CCN(C(=O)Cn2cc(Nc3nc4c(N5CC6CCC(C5)N6C(=O)N5CC(C(F)(F)F)C5)cccn4n3)cn2)CC1. The van der Waals surface area contributed by atoms with Crippen LogP contribution in [0.1, 0.15) is 12.8 Å². The number of nitrogens with zero attached hydrogens (tertiary/aromatic N) is 10. The Morgan fingerprint density at radius 1 is 1.02 bits per heavy atom. The van der Waals surface area contributed by atoms with Crippen LogP contribution in [0.4, 0.5) is 35.3 Å². The molecule has 43 heavy (non-hydrogen) atoms. The number of carbonyl (C=O) groups excluding carboxylic acids is 2. The fourth-order valence-electron chi connectivity index (χ4n) is 6.55. The van der Waals surface area contributed by atoms with Gasteiger partial charge in [0, 0.05) is 64.8 Å². The van der Waals surface area contributed by atoms with Crippen LogP contribution in [0.25, 0.3) is 5.65 Å². The molecule has 1 N–H and O–H groups in total. The number of piperazine rings is 2. The van der Waals surface area contributed by atoms with Crippen LogP contribution in [-0.4, -0.2) is 134 Å². The van der Waals surface area contributed by atoms with E-state index in [0.717, 1.165) is 31.6 Å². The lowest BCUT2D eigenvalue weighted by Crippen LogP contribution is -2.64. The first-order valence-electron chi connectivity index (χ1n) is 14.6. The van der Waals surface area contributed by atoms with E-state index >= 15 is 0 Å². The molecule has 2 atom stereocenters. The van der Waals surface area contributed by atoms with Crippen LogP contribution < -0.4 is 10.2 Å². The Hall–Kier alpha value is -4.08. The Labute approximate surface area is 245 Å². The zero-order valence-corrected chi connectivity index (χ0v) is 23.8. The number of fused-ring (bicyclic) bond motifs is 3. The highest BCUT2D eigenvalue weighted by molar-refractivity contribution is 5.78. The summed E-state index contributed by atoms with van der Waals surface area (Å²) in [6.07, 6.45) is 2.56. The minimum atomic E-state index is -4.26. The molecular weight excluding hydrogens is 567 g/mol. The second-order valence-corrected chi connectivity index (χ2v) is 12.0. The molecule has 0 saturated carbocycles. The molecule has 230 valence electrons. The lowest BCUT2D eigenvalue weighted by Gasteiger charge is -2.47. The highest BCUT2D eigenvalue weighted by Crippen LogP contribution is 2.38. The van der Waals surface area contributed by atoms with Crippen molar-refractivity contribution in [2.24, 2.45) is 5.92 Å². The molecule has 0 aromatic carbocycles. The molecule has 2 unspecified atom stereocenters. The number of pyridine rings is 1. The lowest BCUT2D eigenvalue weighted by atomic mass is 10.00. The molecule has 3 aromatic rings. The largest absolute Gasteiger partial charge is 0.395 e. The molecule has 0 spiro atoms. The van der Waals surface area contributed by atoms with Gasteiger partial charge in [0.15, 0.2) is 5.65 Å². The Morgan fingerprint density at radius 3 is 2.44 bits per heavy atom.